The second-order valence-electron chi connectivity index (χ2n) is 6.80. The molecule has 3 heterocycles. The zero-order valence-corrected chi connectivity index (χ0v) is 16.1. The molecule has 1 N–H and O–H groups in total. The number of rotatable bonds is 4. The molecule has 1 atom stereocenters. The number of hydrogen-bond donors (Lipinski definition) is 1. The number of carbonyl (C=O) groups excluding carboxylic acids is 2. The molecule has 1 aromatic carbocycles. The van der Waals surface area contributed by atoms with Gasteiger partial charge in [0.25, 0.3) is 11.8 Å². The number of hydrogen-bond acceptors (Lipinski definition) is 5. The van der Waals surface area contributed by atoms with E-state index in [2.05, 4.69) is 10.3 Å². The third-order valence-electron chi connectivity index (χ3n) is 4.78. The van der Waals surface area contributed by atoms with Gasteiger partial charge in [0.1, 0.15) is 11.8 Å². The van der Waals surface area contributed by atoms with E-state index in [0.29, 0.717) is 22.2 Å². The Balaban J connectivity index is 1.49. The van der Waals surface area contributed by atoms with Crippen LogP contribution in [0.25, 0.3) is 10.1 Å². The number of likely N-dealkylation sites (tertiary alicyclic amines) is 1. The summed E-state index contributed by atoms with van der Waals surface area (Å²) in [6, 6.07) is 9.34. The Bertz CT molecular complexity index is 968. The molecular weight excluding hydrogens is 362 g/mol. The minimum absolute atomic E-state index is 0.0944. The number of aryl methyl sites for hydroxylation is 1. The topological polar surface area (TPSA) is 75.4 Å². The highest BCUT2D eigenvalue weighted by atomic mass is 32.1. The van der Waals surface area contributed by atoms with Crippen molar-refractivity contribution in [3.8, 4) is 0 Å². The van der Waals surface area contributed by atoms with Crippen molar-refractivity contribution in [3.05, 3.63) is 52.6 Å². The number of nitrogens with one attached hydrogen (secondary N) is 1. The number of fused-ring (bicyclic) bond motifs is 1. The van der Waals surface area contributed by atoms with Crippen LogP contribution in [0, 0.1) is 6.92 Å². The molecule has 1 fully saturated rings. The Morgan fingerprint density at radius 2 is 2.00 bits per heavy atom. The fourth-order valence-electron chi connectivity index (χ4n) is 3.29. The Labute approximate surface area is 161 Å². The molecule has 1 aliphatic heterocycles. The van der Waals surface area contributed by atoms with Crippen molar-refractivity contribution in [2.24, 2.45) is 0 Å². The van der Waals surface area contributed by atoms with E-state index in [-0.39, 0.29) is 11.8 Å². The number of amides is 2. The summed E-state index contributed by atoms with van der Waals surface area (Å²) in [6.45, 7) is 5.07. The first kappa shape index (κ1) is 17.7. The van der Waals surface area contributed by atoms with Crippen molar-refractivity contribution in [1.82, 2.24) is 15.2 Å². The molecule has 0 aliphatic carbocycles. The van der Waals surface area contributed by atoms with Crippen molar-refractivity contribution >= 4 is 33.2 Å². The van der Waals surface area contributed by atoms with Crippen LogP contribution in [-0.4, -0.2) is 34.8 Å². The molecule has 0 unspecified atom stereocenters. The van der Waals surface area contributed by atoms with Crippen molar-refractivity contribution in [1.29, 1.82) is 0 Å². The lowest BCUT2D eigenvalue weighted by molar-refractivity contribution is 0.0785. The molecule has 0 radical (unpaired) electrons. The zero-order chi connectivity index (χ0) is 19.0. The number of thiophene rings is 1. The van der Waals surface area contributed by atoms with Gasteiger partial charge in [-0.1, -0.05) is 18.2 Å². The van der Waals surface area contributed by atoms with E-state index in [1.54, 1.807) is 18.7 Å². The predicted molar refractivity (Wildman–Crippen MR) is 104 cm³/mol. The minimum atomic E-state index is -0.429. The molecule has 7 heteroatoms. The van der Waals surface area contributed by atoms with E-state index in [9.17, 15) is 9.59 Å². The summed E-state index contributed by atoms with van der Waals surface area (Å²) in [6.07, 6.45) is 2.05. The largest absolute Gasteiger partial charge is 0.443 e. The predicted octanol–water partition coefficient (Wildman–Crippen LogP) is 3.92. The lowest BCUT2D eigenvalue weighted by Crippen LogP contribution is -2.29. The number of aromatic nitrogens is 1. The zero-order valence-electron chi connectivity index (χ0n) is 15.3. The number of carbonyl (C=O) groups is 2. The molecule has 6 nitrogen and oxygen atoms in total. The SMILES string of the molecule is Cc1oc([C@@H](C)NC(=O)c2cc3ccccc3s2)nc1C(=O)N1CCCC1. The molecular formula is C20H21N3O3S. The van der Waals surface area contributed by atoms with Crippen molar-refractivity contribution in [2.45, 2.75) is 32.7 Å². The fourth-order valence-corrected chi connectivity index (χ4v) is 4.26. The highest BCUT2D eigenvalue weighted by Crippen LogP contribution is 2.26. The summed E-state index contributed by atoms with van der Waals surface area (Å²) in [4.78, 5) is 32.0. The van der Waals surface area contributed by atoms with Crippen LogP contribution in [0.15, 0.2) is 34.7 Å². The van der Waals surface area contributed by atoms with Crippen LogP contribution in [0.1, 0.15) is 57.6 Å². The highest BCUT2D eigenvalue weighted by molar-refractivity contribution is 7.20. The maximum Gasteiger partial charge on any atom is 0.276 e. The maximum absolute atomic E-state index is 12.6. The van der Waals surface area contributed by atoms with Crippen LogP contribution >= 0.6 is 11.3 Å². The normalized spacial score (nSPS) is 15.3. The standard InChI is InChI=1S/C20H21N3O3S/c1-12(21-18(24)16-11-14-7-3-4-8-15(14)27-16)19-22-17(13(2)26-19)20(25)23-9-5-6-10-23/h3-4,7-8,11-12H,5-6,9-10H2,1-2H3,(H,21,24)/t12-/m1/s1. The van der Waals surface area contributed by atoms with Crippen molar-refractivity contribution < 1.29 is 14.0 Å². The van der Waals surface area contributed by atoms with Gasteiger partial charge in [0.2, 0.25) is 5.89 Å². The van der Waals surface area contributed by atoms with E-state index in [4.69, 9.17) is 4.42 Å². The van der Waals surface area contributed by atoms with Crippen molar-refractivity contribution in [2.75, 3.05) is 13.1 Å². The summed E-state index contributed by atoms with van der Waals surface area (Å²) in [5, 5.41) is 3.96. The average molecular weight is 383 g/mol. The maximum atomic E-state index is 12.6. The lowest BCUT2D eigenvalue weighted by atomic mass is 10.2. The second kappa shape index (κ2) is 7.15. The van der Waals surface area contributed by atoms with Gasteiger partial charge in [-0.05, 0) is 44.2 Å². The number of nitrogens with zero attached hydrogens (tertiary/aromatic N) is 2. The van der Waals surface area contributed by atoms with Crippen LogP contribution < -0.4 is 5.32 Å². The van der Waals surface area contributed by atoms with Gasteiger partial charge in [-0.3, -0.25) is 9.59 Å². The first-order chi connectivity index (χ1) is 13.0. The molecule has 0 spiro atoms. The molecule has 1 saturated heterocycles. The van der Waals surface area contributed by atoms with Crippen LogP contribution in [0.4, 0.5) is 0 Å². The quantitative estimate of drug-likeness (QED) is 0.741. The monoisotopic (exact) mass is 383 g/mol. The number of benzene rings is 1. The minimum Gasteiger partial charge on any atom is -0.443 e. The number of oxazole rings is 1. The van der Waals surface area contributed by atoms with Crippen LogP contribution in [-0.2, 0) is 0 Å². The first-order valence-corrected chi connectivity index (χ1v) is 9.90. The van der Waals surface area contributed by atoms with E-state index >= 15 is 0 Å². The third-order valence-corrected chi connectivity index (χ3v) is 5.89. The van der Waals surface area contributed by atoms with Crippen LogP contribution in [0.5, 0.6) is 0 Å². The Hall–Kier alpha value is -2.67. The molecule has 2 aromatic heterocycles. The molecule has 140 valence electrons. The first-order valence-electron chi connectivity index (χ1n) is 9.09. The van der Waals surface area contributed by atoms with E-state index in [1.165, 1.54) is 11.3 Å². The summed E-state index contributed by atoms with van der Waals surface area (Å²) >= 11 is 1.45. The second-order valence-corrected chi connectivity index (χ2v) is 7.88. The van der Waals surface area contributed by atoms with E-state index in [0.717, 1.165) is 36.0 Å². The Morgan fingerprint density at radius 3 is 2.74 bits per heavy atom. The lowest BCUT2D eigenvalue weighted by Gasteiger charge is -2.13. The molecule has 0 bridgehead atoms. The van der Waals surface area contributed by atoms with Gasteiger partial charge in [0.05, 0.1) is 4.88 Å². The Morgan fingerprint density at radius 1 is 1.26 bits per heavy atom. The molecule has 1 aliphatic rings. The van der Waals surface area contributed by atoms with Gasteiger partial charge in [0, 0.05) is 17.8 Å². The molecule has 4 rings (SSSR count). The van der Waals surface area contributed by atoms with Crippen LogP contribution in [0.3, 0.4) is 0 Å². The van der Waals surface area contributed by atoms with Gasteiger partial charge < -0.3 is 14.6 Å². The van der Waals surface area contributed by atoms with Crippen LogP contribution in [0.2, 0.25) is 0 Å². The molecule has 27 heavy (non-hydrogen) atoms. The molecule has 3 aromatic rings. The van der Waals surface area contributed by atoms with Crippen molar-refractivity contribution in [3.63, 3.8) is 0 Å². The smallest absolute Gasteiger partial charge is 0.276 e. The molecule has 2 amide bonds. The van der Waals surface area contributed by atoms with E-state index < -0.39 is 6.04 Å². The van der Waals surface area contributed by atoms with Gasteiger partial charge >= 0.3 is 0 Å². The average Bonchev–Trinajstić information content (AvgIpc) is 3.40. The Kier molecular flexibility index (Phi) is 4.70. The van der Waals surface area contributed by atoms with E-state index in [1.807, 2.05) is 30.3 Å². The summed E-state index contributed by atoms with van der Waals surface area (Å²) < 4.78 is 6.75. The summed E-state index contributed by atoms with van der Waals surface area (Å²) in [5.74, 6) is 0.573. The van der Waals surface area contributed by atoms with Gasteiger partial charge in [0.15, 0.2) is 5.69 Å². The third kappa shape index (κ3) is 3.47. The molecule has 0 saturated carbocycles. The van der Waals surface area contributed by atoms with Gasteiger partial charge in [-0.25, -0.2) is 4.98 Å². The summed E-state index contributed by atoms with van der Waals surface area (Å²) in [5.41, 5.74) is 0.342. The fraction of sp³-hybridized carbons (Fsp3) is 0.350. The van der Waals surface area contributed by atoms with Gasteiger partial charge in [-0.2, -0.15) is 0 Å². The summed E-state index contributed by atoms with van der Waals surface area (Å²) in [7, 11) is 0. The van der Waals surface area contributed by atoms with Gasteiger partial charge in [-0.15, -0.1) is 11.3 Å². The highest BCUT2D eigenvalue weighted by Gasteiger charge is 2.27.